The van der Waals surface area contributed by atoms with Crippen molar-refractivity contribution in [2.24, 2.45) is 34.5 Å². The molecular formula is C34H46N2O5. The smallest absolute Gasteiger partial charge is 0.318 e. The SMILES string of the molecule is CCOC(=O)[C@]12CCCCC/C=C\1N(Cc1ccc(OC)cc1)C(=O)[C@H]2CC(=O)NCC12CC3CC(CC(C3)C1)C2. The molecule has 1 heterocycles. The van der Waals surface area contributed by atoms with E-state index in [1.807, 2.05) is 24.3 Å². The van der Waals surface area contributed by atoms with Gasteiger partial charge in [0, 0.05) is 18.7 Å². The van der Waals surface area contributed by atoms with Crippen molar-refractivity contribution in [3.63, 3.8) is 0 Å². The van der Waals surface area contributed by atoms with Crippen molar-refractivity contribution in [3.05, 3.63) is 41.6 Å². The molecule has 7 nitrogen and oxygen atoms in total. The Morgan fingerprint density at radius 1 is 1.00 bits per heavy atom. The van der Waals surface area contributed by atoms with Gasteiger partial charge in [0.25, 0.3) is 0 Å². The number of benzene rings is 1. The highest BCUT2D eigenvalue weighted by molar-refractivity contribution is 5.98. The molecule has 1 aliphatic heterocycles. The lowest BCUT2D eigenvalue weighted by molar-refractivity contribution is -0.158. The summed E-state index contributed by atoms with van der Waals surface area (Å²) in [6.07, 6.45) is 14.0. The summed E-state index contributed by atoms with van der Waals surface area (Å²) < 4.78 is 11.0. The summed E-state index contributed by atoms with van der Waals surface area (Å²) in [6.45, 7) is 3.09. The van der Waals surface area contributed by atoms with Crippen LogP contribution >= 0.6 is 0 Å². The summed E-state index contributed by atoms with van der Waals surface area (Å²) >= 11 is 0. The zero-order chi connectivity index (χ0) is 28.6. The third kappa shape index (κ3) is 5.30. The van der Waals surface area contributed by atoms with E-state index in [1.165, 1.54) is 38.5 Å². The number of likely N-dealkylation sites (tertiary alicyclic amines) is 1. The van der Waals surface area contributed by atoms with Crippen LogP contribution in [0.25, 0.3) is 0 Å². The first-order chi connectivity index (χ1) is 19.9. The van der Waals surface area contributed by atoms with E-state index in [9.17, 15) is 14.4 Å². The Balaban J connectivity index is 1.26. The van der Waals surface area contributed by atoms with Gasteiger partial charge in [0.05, 0.1) is 26.2 Å². The zero-order valence-electron chi connectivity index (χ0n) is 24.8. The topological polar surface area (TPSA) is 84.9 Å². The van der Waals surface area contributed by atoms with Crippen LogP contribution in [-0.2, 0) is 25.7 Å². The van der Waals surface area contributed by atoms with E-state index < -0.39 is 11.3 Å². The van der Waals surface area contributed by atoms with E-state index in [0.717, 1.165) is 60.4 Å². The Morgan fingerprint density at radius 2 is 1.68 bits per heavy atom. The van der Waals surface area contributed by atoms with E-state index in [-0.39, 0.29) is 36.2 Å². The lowest BCUT2D eigenvalue weighted by Gasteiger charge is -2.56. The van der Waals surface area contributed by atoms with E-state index in [4.69, 9.17) is 9.47 Å². The highest BCUT2D eigenvalue weighted by Crippen LogP contribution is 2.60. The first-order valence-electron chi connectivity index (χ1n) is 15.9. The minimum Gasteiger partial charge on any atom is -0.497 e. The van der Waals surface area contributed by atoms with Gasteiger partial charge in [-0.1, -0.05) is 31.1 Å². The van der Waals surface area contributed by atoms with Crippen molar-refractivity contribution in [2.45, 2.75) is 90.5 Å². The predicted molar refractivity (Wildman–Crippen MR) is 155 cm³/mol. The standard InChI is InChI=1S/C34H46N2O5/c1-3-41-32(39)34-13-7-5-4-6-8-29(34)36(21-23-9-11-27(40-2)12-10-23)31(38)28(34)17-30(37)35-22-33-18-24-14-25(19-33)16-26(15-24)20-33/h8-12,24-26,28H,3-7,13-22H2,1-2H3,(H,35,37)/b29-8+/t24?,25?,26?,28-,33?,34+/m1/s1. The van der Waals surface area contributed by atoms with Gasteiger partial charge in [-0.15, -0.1) is 0 Å². The summed E-state index contributed by atoms with van der Waals surface area (Å²) in [4.78, 5) is 43.6. The molecule has 1 saturated heterocycles. The molecule has 5 fully saturated rings. The van der Waals surface area contributed by atoms with Gasteiger partial charge in [0.2, 0.25) is 11.8 Å². The Kier molecular flexibility index (Phi) is 7.90. The minimum atomic E-state index is -1.13. The minimum absolute atomic E-state index is 0.0144. The predicted octanol–water partition coefficient (Wildman–Crippen LogP) is 5.77. The number of hydrogen-bond acceptors (Lipinski definition) is 5. The van der Waals surface area contributed by atoms with Crippen LogP contribution in [0.2, 0.25) is 0 Å². The number of allylic oxidation sites excluding steroid dienone is 1. The molecule has 0 spiro atoms. The third-order valence-corrected chi connectivity index (χ3v) is 10.9. The van der Waals surface area contributed by atoms with E-state index in [2.05, 4.69) is 11.4 Å². The fourth-order valence-corrected chi connectivity index (χ4v) is 9.49. The number of nitrogens with zero attached hydrogens (tertiary/aromatic N) is 1. The zero-order valence-corrected chi connectivity index (χ0v) is 24.8. The highest BCUT2D eigenvalue weighted by atomic mass is 16.5. The molecule has 0 unspecified atom stereocenters. The summed E-state index contributed by atoms with van der Waals surface area (Å²) in [6, 6.07) is 7.67. The molecule has 6 aliphatic rings. The first-order valence-corrected chi connectivity index (χ1v) is 15.9. The number of nitrogens with one attached hydrogen (secondary N) is 1. The summed E-state index contributed by atoms with van der Waals surface area (Å²) in [5, 5.41) is 3.28. The number of amides is 2. The van der Waals surface area contributed by atoms with Crippen LogP contribution in [0.1, 0.15) is 89.5 Å². The van der Waals surface area contributed by atoms with E-state index in [1.54, 1.807) is 18.9 Å². The third-order valence-electron chi connectivity index (χ3n) is 10.9. The molecule has 5 aliphatic carbocycles. The maximum Gasteiger partial charge on any atom is 0.318 e. The van der Waals surface area contributed by atoms with Crippen molar-refractivity contribution < 1.29 is 23.9 Å². The van der Waals surface area contributed by atoms with Crippen LogP contribution in [0.3, 0.4) is 0 Å². The number of fused-ring (bicyclic) bond motifs is 1. The van der Waals surface area contributed by atoms with Gasteiger partial charge in [-0.2, -0.15) is 0 Å². The van der Waals surface area contributed by atoms with E-state index >= 15 is 0 Å². The van der Waals surface area contributed by atoms with Gasteiger partial charge < -0.3 is 19.7 Å². The molecule has 7 heteroatoms. The molecule has 41 heavy (non-hydrogen) atoms. The summed E-state index contributed by atoms with van der Waals surface area (Å²) in [7, 11) is 1.63. The lowest BCUT2D eigenvalue weighted by Crippen LogP contribution is -2.51. The quantitative estimate of drug-likeness (QED) is 0.386. The molecular weight excluding hydrogens is 516 g/mol. The number of esters is 1. The molecule has 2 atom stereocenters. The van der Waals surface area contributed by atoms with Gasteiger partial charge in [-0.25, -0.2) is 0 Å². The molecule has 0 radical (unpaired) electrons. The summed E-state index contributed by atoms with van der Waals surface area (Å²) in [5.74, 6) is 1.81. The van der Waals surface area contributed by atoms with Crippen LogP contribution in [0, 0.1) is 34.5 Å². The molecule has 1 aromatic carbocycles. The number of rotatable bonds is 9. The van der Waals surface area contributed by atoms with Crippen molar-refractivity contribution in [2.75, 3.05) is 20.3 Å². The molecule has 222 valence electrons. The molecule has 1 N–H and O–H groups in total. The molecule has 1 aromatic rings. The Labute approximate surface area is 244 Å². The average molecular weight is 563 g/mol. The number of carbonyl (C=O) groups excluding carboxylic acids is 3. The van der Waals surface area contributed by atoms with Crippen molar-refractivity contribution in [1.29, 1.82) is 0 Å². The Hall–Kier alpha value is -2.83. The largest absolute Gasteiger partial charge is 0.497 e. The van der Waals surface area contributed by atoms with Gasteiger partial charge in [0.1, 0.15) is 11.2 Å². The maximum absolute atomic E-state index is 14.3. The number of ether oxygens (including phenoxy) is 2. The van der Waals surface area contributed by atoms with Crippen LogP contribution in [0.4, 0.5) is 0 Å². The molecule has 4 saturated carbocycles. The van der Waals surface area contributed by atoms with Crippen molar-refractivity contribution >= 4 is 17.8 Å². The maximum atomic E-state index is 14.3. The molecule has 7 rings (SSSR count). The van der Waals surface area contributed by atoms with Crippen molar-refractivity contribution in [1.82, 2.24) is 10.2 Å². The lowest BCUT2D eigenvalue weighted by atomic mass is 9.49. The van der Waals surface area contributed by atoms with Crippen LogP contribution in [-0.4, -0.2) is 42.9 Å². The van der Waals surface area contributed by atoms with Gasteiger partial charge >= 0.3 is 5.97 Å². The van der Waals surface area contributed by atoms with Crippen LogP contribution in [0.15, 0.2) is 36.0 Å². The second kappa shape index (κ2) is 11.4. The van der Waals surface area contributed by atoms with Gasteiger partial charge in [0.15, 0.2) is 0 Å². The molecule has 2 amide bonds. The average Bonchev–Trinajstić information content (AvgIpc) is 3.13. The summed E-state index contributed by atoms with van der Waals surface area (Å²) in [5.41, 5.74) is 0.772. The molecule has 0 aromatic heterocycles. The highest BCUT2D eigenvalue weighted by Gasteiger charge is 2.61. The van der Waals surface area contributed by atoms with Crippen molar-refractivity contribution in [3.8, 4) is 5.75 Å². The van der Waals surface area contributed by atoms with E-state index in [0.29, 0.717) is 19.5 Å². The monoisotopic (exact) mass is 562 g/mol. The number of hydrogen-bond donors (Lipinski definition) is 1. The second-order valence-electron chi connectivity index (χ2n) is 13.6. The molecule has 4 bridgehead atoms. The fourth-order valence-electron chi connectivity index (χ4n) is 9.49. The Bertz CT molecular complexity index is 1150. The number of carbonyl (C=O) groups is 3. The van der Waals surface area contributed by atoms with Gasteiger partial charge in [-0.3, -0.25) is 14.4 Å². The second-order valence-corrected chi connectivity index (χ2v) is 13.6. The van der Waals surface area contributed by atoms with Crippen LogP contribution < -0.4 is 10.1 Å². The Morgan fingerprint density at radius 3 is 2.32 bits per heavy atom. The van der Waals surface area contributed by atoms with Crippen LogP contribution in [0.5, 0.6) is 5.75 Å². The normalized spacial score (nSPS) is 35.2. The van der Waals surface area contributed by atoms with Gasteiger partial charge in [-0.05, 0) is 106 Å². The first kappa shape index (κ1) is 28.3. The number of methoxy groups -OCH3 is 1. The fraction of sp³-hybridized carbons (Fsp3) is 0.676.